The molecule has 3 nitrogen and oxygen atoms in total. The molecule has 0 aromatic carbocycles. The molecular weight excluding hydrogens is 258 g/mol. The summed E-state index contributed by atoms with van der Waals surface area (Å²) in [5, 5.41) is 13.0. The van der Waals surface area contributed by atoms with E-state index in [0.29, 0.717) is 11.8 Å². The Morgan fingerprint density at radius 2 is 2.16 bits per heavy atom. The first-order valence-corrected chi connectivity index (χ1v) is 7.90. The number of aliphatic carboxylic acids is 1. The molecule has 4 heteroatoms. The van der Waals surface area contributed by atoms with Gasteiger partial charge in [0.25, 0.3) is 0 Å². The molecule has 0 amide bonds. The molecule has 1 aromatic heterocycles. The van der Waals surface area contributed by atoms with Crippen LogP contribution in [0.5, 0.6) is 0 Å². The van der Waals surface area contributed by atoms with Gasteiger partial charge >= 0.3 is 5.97 Å². The Balaban J connectivity index is 1.69. The van der Waals surface area contributed by atoms with E-state index in [9.17, 15) is 9.90 Å². The fourth-order valence-corrected chi connectivity index (χ4v) is 4.97. The zero-order valence-corrected chi connectivity index (χ0v) is 12.3. The van der Waals surface area contributed by atoms with Crippen molar-refractivity contribution in [1.82, 2.24) is 5.32 Å². The van der Waals surface area contributed by atoms with Gasteiger partial charge in [-0.1, -0.05) is 0 Å². The molecule has 104 valence electrons. The maximum Gasteiger partial charge on any atom is 0.308 e. The van der Waals surface area contributed by atoms with E-state index in [0.717, 1.165) is 19.4 Å². The van der Waals surface area contributed by atoms with E-state index >= 15 is 0 Å². The molecule has 2 N–H and O–H groups in total. The van der Waals surface area contributed by atoms with Crippen LogP contribution in [0.2, 0.25) is 0 Å². The van der Waals surface area contributed by atoms with Gasteiger partial charge in [0.2, 0.25) is 0 Å². The molecule has 2 aliphatic rings. The number of hydrogen-bond acceptors (Lipinski definition) is 3. The van der Waals surface area contributed by atoms with Crippen LogP contribution in [0.3, 0.4) is 0 Å². The molecule has 4 atom stereocenters. The first-order chi connectivity index (χ1) is 9.06. The lowest BCUT2D eigenvalue weighted by molar-refractivity contribution is -0.144. The average Bonchev–Trinajstić information content (AvgIpc) is 3.00. The lowest BCUT2D eigenvalue weighted by atomic mass is 9.84. The smallest absolute Gasteiger partial charge is 0.308 e. The van der Waals surface area contributed by atoms with Crippen molar-refractivity contribution in [2.75, 3.05) is 0 Å². The lowest BCUT2D eigenvalue weighted by Gasteiger charge is -2.29. The van der Waals surface area contributed by atoms with E-state index < -0.39 is 5.97 Å². The van der Waals surface area contributed by atoms with Crippen molar-refractivity contribution >= 4 is 17.3 Å². The summed E-state index contributed by atoms with van der Waals surface area (Å²) in [6, 6.07) is 2.39. The molecule has 0 spiro atoms. The molecule has 2 bridgehead atoms. The van der Waals surface area contributed by atoms with Gasteiger partial charge < -0.3 is 10.4 Å². The second-order valence-electron chi connectivity index (χ2n) is 6.04. The number of carboxylic acid groups (broad SMARTS) is 1. The Morgan fingerprint density at radius 3 is 2.79 bits per heavy atom. The molecule has 1 heterocycles. The van der Waals surface area contributed by atoms with Gasteiger partial charge in [0.15, 0.2) is 0 Å². The van der Waals surface area contributed by atoms with Gasteiger partial charge in [-0.05, 0) is 56.6 Å². The number of thiophene rings is 1. The van der Waals surface area contributed by atoms with Crippen LogP contribution in [-0.4, -0.2) is 17.1 Å². The molecule has 0 saturated heterocycles. The third-order valence-corrected chi connectivity index (χ3v) is 5.88. The highest BCUT2D eigenvalue weighted by Gasteiger charge is 2.50. The quantitative estimate of drug-likeness (QED) is 0.891. The van der Waals surface area contributed by atoms with E-state index in [2.05, 4.69) is 25.2 Å². The molecule has 4 unspecified atom stereocenters. The Bertz CT molecular complexity index is 496. The van der Waals surface area contributed by atoms with Crippen LogP contribution in [0.4, 0.5) is 0 Å². The standard InChI is InChI=1S/C15H21NO2S/c1-8-5-12(9(2)19-8)7-16-14-11-4-3-10(6-11)13(14)15(17)18/h5,10-11,13-14,16H,3-4,6-7H2,1-2H3,(H,17,18). The Morgan fingerprint density at radius 1 is 1.42 bits per heavy atom. The Hall–Kier alpha value is -0.870. The monoisotopic (exact) mass is 279 g/mol. The summed E-state index contributed by atoms with van der Waals surface area (Å²) in [5.41, 5.74) is 1.33. The third kappa shape index (κ3) is 2.32. The van der Waals surface area contributed by atoms with Gasteiger partial charge in [-0.3, -0.25) is 4.79 Å². The summed E-state index contributed by atoms with van der Waals surface area (Å²) >= 11 is 1.82. The maximum atomic E-state index is 11.4. The van der Waals surface area contributed by atoms with E-state index in [4.69, 9.17) is 0 Å². The van der Waals surface area contributed by atoms with Crippen LogP contribution in [0.15, 0.2) is 6.07 Å². The van der Waals surface area contributed by atoms with E-state index in [-0.39, 0.29) is 12.0 Å². The first kappa shape index (κ1) is 13.1. The lowest BCUT2D eigenvalue weighted by Crippen LogP contribution is -2.43. The molecule has 1 aromatic rings. The van der Waals surface area contributed by atoms with Gasteiger partial charge in [0.05, 0.1) is 5.92 Å². The van der Waals surface area contributed by atoms with Crippen molar-refractivity contribution in [2.24, 2.45) is 17.8 Å². The number of rotatable bonds is 4. The van der Waals surface area contributed by atoms with Crippen LogP contribution >= 0.6 is 11.3 Å². The minimum atomic E-state index is -0.608. The van der Waals surface area contributed by atoms with Crippen LogP contribution in [0.1, 0.15) is 34.6 Å². The van der Waals surface area contributed by atoms with Crippen LogP contribution < -0.4 is 5.32 Å². The number of hydrogen-bond donors (Lipinski definition) is 2. The topological polar surface area (TPSA) is 49.3 Å². The van der Waals surface area contributed by atoms with Gasteiger partial charge in [-0.15, -0.1) is 11.3 Å². The van der Waals surface area contributed by atoms with Crippen molar-refractivity contribution in [3.05, 3.63) is 21.4 Å². The number of nitrogens with one attached hydrogen (secondary N) is 1. The summed E-state index contributed by atoms with van der Waals surface area (Å²) in [6.45, 7) is 5.08. The highest BCUT2D eigenvalue weighted by atomic mass is 32.1. The number of carboxylic acids is 1. The van der Waals surface area contributed by atoms with Crippen molar-refractivity contribution in [1.29, 1.82) is 0 Å². The minimum absolute atomic E-state index is 0.168. The summed E-state index contributed by atoms with van der Waals surface area (Å²) in [5.74, 6) is 0.207. The second-order valence-corrected chi connectivity index (χ2v) is 7.50. The third-order valence-electron chi connectivity index (χ3n) is 4.87. The summed E-state index contributed by atoms with van der Waals surface area (Å²) in [4.78, 5) is 14.1. The molecule has 0 aliphatic heterocycles. The van der Waals surface area contributed by atoms with Gasteiger partial charge in [0.1, 0.15) is 0 Å². The van der Waals surface area contributed by atoms with Crippen LogP contribution in [0.25, 0.3) is 0 Å². The Labute approximate surface area is 118 Å². The van der Waals surface area contributed by atoms with Crippen LogP contribution in [-0.2, 0) is 11.3 Å². The van der Waals surface area contributed by atoms with E-state index in [1.807, 2.05) is 11.3 Å². The predicted octanol–water partition coefficient (Wildman–Crippen LogP) is 2.95. The first-order valence-electron chi connectivity index (χ1n) is 7.08. The summed E-state index contributed by atoms with van der Waals surface area (Å²) in [6.07, 6.45) is 3.42. The normalized spacial score (nSPS) is 32.9. The second kappa shape index (κ2) is 4.91. The van der Waals surface area contributed by atoms with Gasteiger partial charge in [-0.2, -0.15) is 0 Å². The zero-order valence-electron chi connectivity index (χ0n) is 11.5. The predicted molar refractivity (Wildman–Crippen MR) is 76.4 cm³/mol. The van der Waals surface area contributed by atoms with Crippen molar-refractivity contribution in [2.45, 2.75) is 45.7 Å². The highest BCUT2D eigenvalue weighted by Crippen LogP contribution is 2.48. The summed E-state index contributed by atoms with van der Waals surface area (Å²) < 4.78 is 0. The minimum Gasteiger partial charge on any atom is -0.481 e. The van der Waals surface area contributed by atoms with Crippen molar-refractivity contribution in [3.63, 3.8) is 0 Å². The maximum absolute atomic E-state index is 11.4. The Kier molecular flexibility index (Phi) is 3.39. The number of carbonyl (C=O) groups is 1. The largest absolute Gasteiger partial charge is 0.481 e. The van der Waals surface area contributed by atoms with Gasteiger partial charge in [0, 0.05) is 22.3 Å². The molecule has 2 aliphatic carbocycles. The number of aryl methyl sites for hydroxylation is 2. The molecule has 19 heavy (non-hydrogen) atoms. The number of fused-ring (bicyclic) bond motifs is 2. The van der Waals surface area contributed by atoms with Crippen LogP contribution in [0, 0.1) is 31.6 Å². The van der Waals surface area contributed by atoms with Crippen molar-refractivity contribution in [3.8, 4) is 0 Å². The fraction of sp³-hybridized carbons (Fsp3) is 0.667. The van der Waals surface area contributed by atoms with E-state index in [1.165, 1.54) is 21.7 Å². The zero-order chi connectivity index (χ0) is 13.6. The fourth-order valence-electron chi connectivity index (χ4n) is 4.03. The van der Waals surface area contributed by atoms with E-state index in [1.54, 1.807) is 0 Å². The summed E-state index contributed by atoms with van der Waals surface area (Å²) in [7, 11) is 0. The van der Waals surface area contributed by atoms with Crippen molar-refractivity contribution < 1.29 is 9.90 Å². The average molecular weight is 279 g/mol. The highest BCUT2D eigenvalue weighted by molar-refractivity contribution is 7.12. The molecule has 0 radical (unpaired) electrons. The van der Waals surface area contributed by atoms with Gasteiger partial charge in [-0.25, -0.2) is 0 Å². The molecular formula is C15H21NO2S. The molecule has 2 saturated carbocycles. The SMILES string of the molecule is Cc1cc(CNC2C3CCC(C3)C2C(=O)O)c(C)s1. The molecule has 2 fully saturated rings. The molecule has 3 rings (SSSR count).